The first-order chi connectivity index (χ1) is 7.61. The number of quaternary nitrogens is 1. The van der Waals surface area contributed by atoms with Crippen LogP contribution in [0.1, 0.15) is 0 Å². The molecule has 1 aliphatic heterocycles. The fourth-order valence-corrected chi connectivity index (χ4v) is 1.11. The van der Waals surface area contributed by atoms with Crippen LogP contribution in [0, 0.1) is 0 Å². The average Bonchev–Trinajstić information content (AvgIpc) is 2.09. The Labute approximate surface area is 90.0 Å². The van der Waals surface area contributed by atoms with Crippen LogP contribution in [0.5, 0.6) is 0 Å². The van der Waals surface area contributed by atoms with E-state index in [0.29, 0.717) is 0 Å². The zero-order valence-corrected chi connectivity index (χ0v) is 7.59. The van der Waals surface area contributed by atoms with E-state index in [1.165, 1.54) is 0 Å². The van der Waals surface area contributed by atoms with Gasteiger partial charge in [0, 0.05) is 4.48 Å². The Morgan fingerprint density at radius 2 is 1.33 bits per heavy atom. The van der Waals surface area contributed by atoms with Crippen LogP contribution < -0.4 is 0 Å². The van der Waals surface area contributed by atoms with Crippen molar-refractivity contribution in [3.8, 4) is 0 Å². The lowest BCUT2D eigenvalue weighted by Gasteiger charge is -2.43. The van der Waals surface area contributed by atoms with Crippen LogP contribution in [0.15, 0.2) is 0 Å². The molecule has 0 radical (unpaired) electrons. The zero-order chi connectivity index (χ0) is 14.8. The number of morpholine rings is 1. The molecular weight excluding hydrogens is 299 g/mol. The van der Waals surface area contributed by atoms with Crippen LogP contribution in [-0.4, -0.2) is 35.6 Å². The predicted molar refractivity (Wildman–Crippen MR) is 28.2 cm³/mol. The van der Waals surface area contributed by atoms with E-state index in [4.69, 9.17) is 0 Å². The molecular formula is C5HF11NO+. The molecule has 1 aliphatic rings. The van der Waals surface area contributed by atoms with Crippen molar-refractivity contribution in [1.29, 1.82) is 0 Å². The van der Waals surface area contributed by atoms with Gasteiger partial charge in [-0.1, -0.05) is 0 Å². The molecule has 0 aromatic carbocycles. The van der Waals surface area contributed by atoms with E-state index in [-0.39, 0.29) is 0 Å². The monoisotopic (exact) mass is 300 g/mol. The zero-order valence-electron chi connectivity index (χ0n) is 7.59. The van der Waals surface area contributed by atoms with Gasteiger partial charge in [-0.05, 0) is 0 Å². The van der Waals surface area contributed by atoms with Crippen molar-refractivity contribution >= 4 is 0 Å². The van der Waals surface area contributed by atoms with Crippen molar-refractivity contribution in [2.75, 3.05) is 0 Å². The number of halogens is 11. The van der Waals surface area contributed by atoms with Crippen LogP contribution in [0.2, 0.25) is 0 Å². The average molecular weight is 300 g/mol. The lowest BCUT2D eigenvalue weighted by Crippen LogP contribution is -2.79. The van der Waals surface area contributed by atoms with Gasteiger partial charge in [-0.3, -0.25) is 0 Å². The molecule has 108 valence electrons. The van der Waals surface area contributed by atoms with E-state index in [1.54, 1.807) is 0 Å². The molecule has 1 heterocycles. The molecule has 13 heteroatoms. The maximum atomic E-state index is 12.9. The number of hydrogen-bond acceptors (Lipinski definition) is 1. The quantitative estimate of drug-likeness (QED) is 0.379. The van der Waals surface area contributed by atoms with Crippen LogP contribution in [-0.2, 0) is 4.74 Å². The van der Waals surface area contributed by atoms with Crippen molar-refractivity contribution in [2.45, 2.75) is 30.9 Å². The van der Waals surface area contributed by atoms with Gasteiger partial charge in [0.05, 0.1) is 4.71 Å². The normalized spacial score (nSPS) is 38.5. The molecule has 0 N–H and O–H groups in total. The fraction of sp³-hybridized carbons (Fsp3) is 1.00. The van der Waals surface area contributed by atoms with Crippen LogP contribution in [0.3, 0.4) is 0 Å². The maximum absolute atomic E-state index is 12.9. The van der Waals surface area contributed by atoms with Gasteiger partial charge in [-0.25, -0.2) is 4.74 Å². The fourth-order valence-electron chi connectivity index (χ4n) is 1.11. The van der Waals surface area contributed by atoms with Gasteiger partial charge in [0.1, 0.15) is 0 Å². The second kappa shape index (κ2) is 3.37. The highest BCUT2D eigenvalue weighted by atomic mass is 19.4. The third-order valence-electron chi connectivity index (χ3n) is 1.98. The largest absolute Gasteiger partial charge is 0.606 e. The summed E-state index contributed by atoms with van der Waals surface area (Å²) in [6.07, 6.45) is -25.1. The highest BCUT2D eigenvalue weighted by molar-refractivity contribution is 4.79. The summed E-state index contributed by atoms with van der Waals surface area (Å²) in [5.74, 6) is 0. The lowest BCUT2D eigenvalue weighted by atomic mass is 10.3. The number of ether oxygens (including phenoxy) is 1. The van der Waals surface area contributed by atoms with Gasteiger partial charge >= 0.3 is 30.9 Å². The molecule has 2 unspecified atom stereocenters. The second-order valence-corrected chi connectivity index (χ2v) is 3.16. The summed E-state index contributed by atoms with van der Waals surface area (Å²) in [5, 5.41) is 0. The first kappa shape index (κ1) is 15.2. The summed E-state index contributed by atoms with van der Waals surface area (Å²) >= 11 is 0. The molecule has 0 aliphatic carbocycles. The Hall–Kier alpha value is -0.850. The summed E-state index contributed by atoms with van der Waals surface area (Å²) in [5.41, 5.74) is 0. The molecule has 0 bridgehead atoms. The van der Waals surface area contributed by atoms with E-state index in [1.807, 2.05) is 4.74 Å². The van der Waals surface area contributed by atoms with Gasteiger partial charge in [-0.15, -0.1) is 22.0 Å². The van der Waals surface area contributed by atoms with Crippen LogP contribution in [0.4, 0.5) is 48.4 Å². The van der Waals surface area contributed by atoms with E-state index in [0.717, 1.165) is 0 Å². The third-order valence-corrected chi connectivity index (χ3v) is 1.98. The molecule has 2 atom stereocenters. The molecule has 1 saturated heterocycles. The third kappa shape index (κ3) is 1.56. The number of alkyl halides is 10. The van der Waals surface area contributed by atoms with Crippen molar-refractivity contribution in [3.05, 3.63) is 0 Å². The second-order valence-electron chi connectivity index (χ2n) is 3.16. The molecule has 2 nitrogen and oxygen atoms in total. The summed E-state index contributed by atoms with van der Waals surface area (Å²) in [6.45, 7) is 0. The Morgan fingerprint density at radius 1 is 0.944 bits per heavy atom. The molecule has 0 aromatic rings. The molecule has 18 heavy (non-hydrogen) atoms. The van der Waals surface area contributed by atoms with Gasteiger partial charge < -0.3 is 0 Å². The van der Waals surface area contributed by atoms with Gasteiger partial charge in [0.2, 0.25) is 0 Å². The highest BCUT2D eigenvalue weighted by Gasteiger charge is 2.95. The Morgan fingerprint density at radius 3 is 1.67 bits per heavy atom. The Bertz CT molecular complexity index is 347. The SMILES string of the molecule is FC1C(F)(F)OC(F)(F)C(F)(F)[N+]1(F)C(F)(F)F. The van der Waals surface area contributed by atoms with E-state index in [2.05, 4.69) is 0 Å². The summed E-state index contributed by atoms with van der Waals surface area (Å²) in [4.78, 5) is 0. The highest BCUT2D eigenvalue weighted by Crippen LogP contribution is 2.59. The predicted octanol–water partition coefficient (Wildman–Crippen LogP) is 3.31. The minimum atomic E-state index is -7.07. The van der Waals surface area contributed by atoms with Gasteiger partial charge in [0.15, 0.2) is 0 Å². The first-order valence-corrected chi connectivity index (χ1v) is 3.74. The lowest BCUT2D eigenvalue weighted by molar-refractivity contribution is -1.23. The molecule has 0 spiro atoms. The van der Waals surface area contributed by atoms with Gasteiger partial charge in [0.25, 0.3) is 0 Å². The number of nitrogens with zero attached hydrogens (tertiary/aromatic N) is 1. The molecule has 1 fully saturated rings. The number of rotatable bonds is 0. The minimum absolute atomic E-state index is 1.93. The van der Waals surface area contributed by atoms with Crippen LogP contribution >= 0.6 is 0 Å². The van der Waals surface area contributed by atoms with Crippen molar-refractivity contribution in [1.82, 2.24) is 0 Å². The summed E-state index contributed by atoms with van der Waals surface area (Å²) in [7, 11) is 0. The standard InChI is InChI=1S/C5HF11NO/c6-1-2(7,8)18-4(11,12)3(9,10)17(1,16)5(13,14)15/h1H/q+1. The number of hydrogen-bond donors (Lipinski definition) is 0. The van der Waals surface area contributed by atoms with Gasteiger partial charge in [-0.2, -0.15) is 22.0 Å². The smallest absolute Gasteiger partial charge is 0.237 e. The van der Waals surface area contributed by atoms with Crippen molar-refractivity contribution in [3.63, 3.8) is 0 Å². The molecule has 1 rings (SSSR count). The maximum Gasteiger partial charge on any atom is 0.606 e. The Balaban J connectivity index is 3.53. The summed E-state index contributed by atoms with van der Waals surface area (Å²) in [6, 6.07) is -6.92. The van der Waals surface area contributed by atoms with Crippen molar-refractivity contribution in [2.24, 2.45) is 0 Å². The van der Waals surface area contributed by atoms with E-state index >= 15 is 0 Å². The first-order valence-electron chi connectivity index (χ1n) is 3.74. The van der Waals surface area contributed by atoms with Crippen molar-refractivity contribution < 1.29 is 57.8 Å². The molecule has 0 aromatic heterocycles. The summed E-state index contributed by atoms with van der Waals surface area (Å²) < 4.78 is 131. The van der Waals surface area contributed by atoms with E-state index in [9.17, 15) is 48.4 Å². The topological polar surface area (TPSA) is 9.23 Å². The van der Waals surface area contributed by atoms with E-state index < -0.39 is 35.6 Å². The molecule has 0 amide bonds. The molecule has 0 saturated carbocycles. The minimum Gasteiger partial charge on any atom is -0.237 e. The Kier molecular flexibility index (Phi) is 2.85. The van der Waals surface area contributed by atoms with Crippen LogP contribution in [0.25, 0.3) is 0 Å².